The quantitative estimate of drug-likeness (QED) is 0.682. The predicted molar refractivity (Wildman–Crippen MR) is 81.4 cm³/mol. The zero-order chi connectivity index (χ0) is 16.7. The number of hydrogen-bond donors (Lipinski definition) is 0. The fourth-order valence-corrected chi connectivity index (χ4v) is 1.77. The Kier molecular flexibility index (Phi) is 7.34. The van der Waals surface area contributed by atoms with Gasteiger partial charge < -0.3 is 18.2 Å². The first kappa shape index (κ1) is 18.4. The van der Waals surface area contributed by atoms with Gasteiger partial charge in [0.05, 0.1) is 13.2 Å². The summed E-state index contributed by atoms with van der Waals surface area (Å²) in [4.78, 5) is 11.9. The van der Waals surface area contributed by atoms with Crippen molar-refractivity contribution in [3.05, 3.63) is 23.8 Å². The second-order valence-electron chi connectivity index (χ2n) is 5.62. The van der Waals surface area contributed by atoms with Gasteiger partial charge in [-0.15, -0.1) is 0 Å². The summed E-state index contributed by atoms with van der Waals surface area (Å²) in [5.41, 5.74) is 0.0195. The summed E-state index contributed by atoms with van der Waals surface area (Å²) in [5.74, 6) is 0.119. The minimum Gasteiger partial charge on any atom is -0.740 e. The highest BCUT2D eigenvalue weighted by molar-refractivity contribution is 7.74. The van der Waals surface area contributed by atoms with Crippen LogP contribution in [-0.4, -0.2) is 27.9 Å². The zero-order valence-electron chi connectivity index (χ0n) is 13.2. The molecule has 0 spiro atoms. The van der Waals surface area contributed by atoms with Crippen LogP contribution in [0.1, 0.15) is 38.1 Å². The third kappa shape index (κ3) is 6.03. The summed E-state index contributed by atoms with van der Waals surface area (Å²) >= 11 is -2.93. The number of ether oxygens (including phenoxy) is 2. The van der Waals surface area contributed by atoms with Crippen LogP contribution in [-0.2, 0) is 15.5 Å². The SMILES string of the molecule is CC(C)COc1cccc(C(=O)OS(=O)[O-])c1OCC(C)C. The topological polar surface area (TPSA) is 84.9 Å². The average Bonchev–Trinajstić information content (AvgIpc) is 2.41. The standard InChI is InChI=1S/C15H22O6S/c1-10(2)8-19-13-7-5-6-12(15(16)21-22(17)18)14(13)20-9-11(3)4/h5-7,10-11H,8-9H2,1-4H3,(H,17,18)/p-1. The molecule has 0 radical (unpaired) electrons. The Hall–Kier alpha value is -1.60. The summed E-state index contributed by atoms with van der Waals surface area (Å²) < 4.78 is 36.6. The van der Waals surface area contributed by atoms with Crippen LogP contribution in [0, 0.1) is 11.8 Å². The van der Waals surface area contributed by atoms with Gasteiger partial charge in [0, 0.05) is 0 Å². The van der Waals surface area contributed by atoms with Gasteiger partial charge in [-0.05, 0) is 24.0 Å². The van der Waals surface area contributed by atoms with E-state index in [2.05, 4.69) is 4.18 Å². The number of benzene rings is 1. The zero-order valence-corrected chi connectivity index (χ0v) is 14.0. The highest BCUT2D eigenvalue weighted by Crippen LogP contribution is 2.32. The molecule has 124 valence electrons. The summed E-state index contributed by atoms with van der Waals surface area (Å²) in [5, 5.41) is 0. The van der Waals surface area contributed by atoms with E-state index in [1.165, 1.54) is 6.07 Å². The Morgan fingerprint density at radius 2 is 1.73 bits per heavy atom. The first-order valence-electron chi connectivity index (χ1n) is 7.01. The Balaban J connectivity index is 3.09. The van der Waals surface area contributed by atoms with Crippen LogP contribution in [0.5, 0.6) is 11.5 Å². The Bertz CT molecular complexity index is 527. The summed E-state index contributed by atoms with van der Waals surface area (Å²) in [7, 11) is 0. The lowest BCUT2D eigenvalue weighted by molar-refractivity contribution is 0.0735. The highest BCUT2D eigenvalue weighted by atomic mass is 32.2. The molecule has 1 rings (SSSR count). The molecule has 0 N–H and O–H groups in total. The van der Waals surface area contributed by atoms with Crippen LogP contribution >= 0.6 is 0 Å². The van der Waals surface area contributed by atoms with Crippen molar-refractivity contribution in [1.82, 2.24) is 0 Å². The van der Waals surface area contributed by atoms with Crippen molar-refractivity contribution in [1.29, 1.82) is 0 Å². The van der Waals surface area contributed by atoms with Crippen LogP contribution in [0.4, 0.5) is 0 Å². The van der Waals surface area contributed by atoms with Gasteiger partial charge in [0.2, 0.25) is 0 Å². The maximum atomic E-state index is 11.9. The predicted octanol–water partition coefficient (Wildman–Crippen LogP) is 2.71. The summed E-state index contributed by atoms with van der Waals surface area (Å²) in [6.45, 7) is 8.72. The lowest BCUT2D eigenvalue weighted by Crippen LogP contribution is -2.14. The third-order valence-corrected chi connectivity index (χ3v) is 2.76. The van der Waals surface area contributed by atoms with Gasteiger partial charge >= 0.3 is 5.97 Å². The van der Waals surface area contributed by atoms with E-state index >= 15 is 0 Å². The molecule has 0 aromatic heterocycles. The van der Waals surface area contributed by atoms with Crippen LogP contribution < -0.4 is 9.47 Å². The van der Waals surface area contributed by atoms with Crippen LogP contribution in [0.3, 0.4) is 0 Å². The fraction of sp³-hybridized carbons (Fsp3) is 0.533. The normalized spacial score (nSPS) is 12.3. The maximum Gasteiger partial charge on any atom is 0.355 e. The molecule has 0 saturated carbocycles. The molecule has 0 bridgehead atoms. The number of carbonyl (C=O) groups excluding carboxylic acids is 1. The van der Waals surface area contributed by atoms with Crippen LogP contribution in [0.25, 0.3) is 0 Å². The Morgan fingerprint density at radius 1 is 1.14 bits per heavy atom. The second-order valence-corrected chi connectivity index (χ2v) is 6.19. The van der Waals surface area contributed by atoms with E-state index in [1.54, 1.807) is 12.1 Å². The molecule has 1 unspecified atom stereocenters. The van der Waals surface area contributed by atoms with Gasteiger partial charge in [-0.25, -0.2) is 9.00 Å². The van der Waals surface area contributed by atoms with Crippen molar-refractivity contribution >= 4 is 17.3 Å². The third-order valence-electron chi connectivity index (χ3n) is 2.48. The molecule has 1 aromatic carbocycles. The average molecular weight is 329 g/mol. The molecule has 0 amide bonds. The van der Waals surface area contributed by atoms with Gasteiger partial charge in [0.25, 0.3) is 0 Å². The van der Waals surface area contributed by atoms with E-state index in [0.717, 1.165) is 0 Å². The number of hydrogen-bond acceptors (Lipinski definition) is 6. The molecule has 0 heterocycles. The number of rotatable bonds is 8. The van der Waals surface area contributed by atoms with Crippen molar-refractivity contribution in [2.75, 3.05) is 13.2 Å². The molecule has 0 aliphatic carbocycles. The molecular weight excluding hydrogens is 308 g/mol. The summed E-state index contributed by atoms with van der Waals surface area (Å²) in [6, 6.07) is 4.69. The fourth-order valence-electron chi connectivity index (χ4n) is 1.55. The van der Waals surface area contributed by atoms with E-state index in [-0.39, 0.29) is 17.2 Å². The Morgan fingerprint density at radius 3 is 2.27 bits per heavy atom. The van der Waals surface area contributed by atoms with Crippen molar-refractivity contribution < 1.29 is 27.2 Å². The van der Waals surface area contributed by atoms with Crippen LogP contribution in [0.15, 0.2) is 18.2 Å². The molecule has 1 atom stereocenters. The van der Waals surface area contributed by atoms with Gasteiger partial charge in [-0.3, -0.25) is 0 Å². The Labute approximate surface area is 133 Å². The minimum atomic E-state index is -2.93. The molecule has 1 aromatic rings. The van der Waals surface area contributed by atoms with Gasteiger partial charge in [0.15, 0.2) is 11.5 Å². The van der Waals surface area contributed by atoms with E-state index < -0.39 is 17.3 Å². The largest absolute Gasteiger partial charge is 0.740 e. The summed E-state index contributed by atoms with van der Waals surface area (Å²) in [6.07, 6.45) is 0. The molecule has 6 nitrogen and oxygen atoms in total. The minimum absolute atomic E-state index is 0.0195. The van der Waals surface area contributed by atoms with Gasteiger partial charge in [-0.1, -0.05) is 33.8 Å². The second kappa shape index (κ2) is 8.75. The molecule has 0 fully saturated rings. The lowest BCUT2D eigenvalue weighted by atomic mass is 10.1. The van der Waals surface area contributed by atoms with Crippen molar-refractivity contribution in [2.24, 2.45) is 11.8 Å². The van der Waals surface area contributed by atoms with Crippen LogP contribution in [0.2, 0.25) is 0 Å². The number of carbonyl (C=O) groups is 1. The monoisotopic (exact) mass is 329 g/mol. The maximum absolute atomic E-state index is 11.9. The molecule has 7 heteroatoms. The molecule has 0 aliphatic rings. The van der Waals surface area contributed by atoms with E-state index in [9.17, 15) is 13.6 Å². The van der Waals surface area contributed by atoms with Crippen molar-refractivity contribution in [3.63, 3.8) is 0 Å². The van der Waals surface area contributed by atoms with E-state index in [4.69, 9.17) is 9.47 Å². The molecule has 0 aliphatic heterocycles. The smallest absolute Gasteiger partial charge is 0.355 e. The van der Waals surface area contributed by atoms with E-state index in [0.29, 0.717) is 24.9 Å². The first-order valence-corrected chi connectivity index (χ1v) is 8.01. The van der Waals surface area contributed by atoms with Gasteiger partial charge in [0.1, 0.15) is 16.9 Å². The van der Waals surface area contributed by atoms with Gasteiger partial charge in [-0.2, -0.15) is 0 Å². The highest BCUT2D eigenvalue weighted by Gasteiger charge is 2.20. The lowest BCUT2D eigenvalue weighted by Gasteiger charge is -2.18. The molecule has 22 heavy (non-hydrogen) atoms. The van der Waals surface area contributed by atoms with Crippen molar-refractivity contribution in [3.8, 4) is 11.5 Å². The molecular formula is C15H21O6S-. The molecule has 0 saturated heterocycles. The first-order chi connectivity index (χ1) is 10.3. The van der Waals surface area contributed by atoms with Crippen molar-refractivity contribution in [2.45, 2.75) is 27.7 Å². The number of para-hydroxylation sites is 1. The van der Waals surface area contributed by atoms with E-state index in [1.807, 2.05) is 27.7 Å².